The summed E-state index contributed by atoms with van der Waals surface area (Å²) in [6, 6.07) is 7.57. The largest absolute Gasteiger partial charge is 0.339 e. The van der Waals surface area contributed by atoms with Crippen molar-refractivity contribution in [2.45, 2.75) is 25.7 Å². The highest BCUT2D eigenvalue weighted by Crippen LogP contribution is 2.25. The number of nitrogens with zero attached hydrogens (tertiary/aromatic N) is 3. The molecule has 0 spiro atoms. The molecule has 7 heteroatoms. The molecule has 23 heavy (non-hydrogen) atoms. The molecule has 2 heterocycles. The lowest BCUT2D eigenvalue weighted by molar-refractivity contribution is -0.117. The number of piperidine rings is 1. The van der Waals surface area contributed by atoms with Crippen LogP contribution in [0.15, 0.2) is 33.3 Å². The molecule has 0 radical (unpaired) electrons. The first-order valence-electron chi connectivity index (χ1n) is 7.68. The molecule has 1 N–H and O–H groups in total. The summed E-state index contributed by atoms with van der Waals surface area (Å²) in [7, 11) is 0. The van der Waals surface area contributed by atoms with Gasteiger partial charge in [0.05, 0.1) is 12.5 Å². The topological polar surface area (TPSA) is 71.3 Å². The Hall–Kier alpha value is -1.73. The number of aromatic nitrogens is 2. The van der Waals surface area contributed by atoms with Crippen LogP contribution in [0.2, 0.25) is 0 Å². The Kier molecular flexibility index (Phi) is 5.07. The van der Waals surface area contributed by atoms with E-state index in [9.17, 15) is 4.79 Å². The second-order valence-corrected chi connectivity index (χ2v) is 6.72. The molecule has 3 rings (SSSR count). The predicted octanol–water partition coefficient (Wildman–Crippen LogP) is 2.96. The molecule has 1 fully saturated rings. The van der Waals surface area contributed by atoms with Crippen LogP contribution in [0.4, 0.5) is 5.69 Å². The molecule has 6 nitrogen and oxygen atoms in total. The van der Waals surface area contributed by atoms with Gasteiger partial charge in [-0.25, -0.2) is 0 Å². The third-order valence-electron chi connectivity index (χ3n) is 3.89. The van der Waals surface area contributed by atoms with Gasteiger partial charge in [0.25, 0.3) is 0 Å². The Morgan fingerprint density at radius 3 is 2.91 bits per heavy atom. The highest BCUT2D eigenvalue weighted by Gasteiger charge is 2.26. The molecule has 1 aliphatic heterocycles. The lowest BCUT2D eigenvalue weighted by atomic mass is 9.98. The summed E-state index contributed by atoms with van der Waals surface area (Å²) in [5.74, 6) is 1.55. The lowest BCUT2D eigenvalue weighted by Crippen LogP contribution is -2.39. The highest BCUT2D eigenvalue weighted by atomic mass is 79.9. The van der Waals surface area contributed by atoms with Crippen LogP contribution in [-0.4, -0.2) is 40.6 Å². The van der Waals surface area contributed by atoms with Crippen molar-refractivity contribution in [3.8, 4) is 0 Å². The van der Waals surface area contributed by atoms with Gasteiger partial charge in [-0.05, 0) is 50.6 Å². The number of amides is 1. The van der Waals surface area contributed by atoms with Crippen molar-refractivity contribution in [1.29, 1.82) is 0 Å². The second-order valence-electron chi connectivity index (χ2n) is 5.81. The van der Waals surface area contributed by atoms with E-state index in [0.717, 1.165) is 36.1 Å². The molecule has 2 aromatic rings. The van der Waals surface area contributed by atoms with E-state index in [1.165, 1.54) is 0 Å². The average molecular weight is 379 g/mol. The van der Waals surface area contributed by atoms with Gasteiger partial charge in [-0.1, -0.05) is 21.1 Å². The maximum absolute atomic E-state index is 12.2. The van der Waals surface area contributed by atoms with E-state index in [-0.39, 0.29) is 11.8 Å². The Morgan fingerprint density at radius 1 is 1.43 bits per heavy atom. The van der Waals surface area contributed by atoms with Crippen molar-refractivity contribution in [1.82, 2.24) is 15.0 Å². The minimum absolute atomic E-state index is 0.00492. The van der Waals surface area contributed by atoms with E-state index in [0.29, 0.717) is 18.3 Å². The number of carbonyl (C=O) groups is 1. The Bertz CT molecular complexity index is 671. The monoisotopic (exact) mass is 378 g/mol. The van der Waals surface area contributed by atoms with Crippen LogP contribution < -0.4 is 5.32 Å². The van der Waals surface area contributed by atoms with E-state index in [1.807, 2.05) is 31.2 Å². The fourth-order valence-electron chi connectivity index (χ4n) is 2.82. The second kappa shape index (κ2) is 7.23. The fourth-order valence-corrected chi connectivity index (χ4v) is 3.08. The molecule has 1 aromatic heterocycles. The maximum Gasteiger partial charge on any atom is 0.238 e. The molecular formula is C16H19BrN4O2. The van der Waals surface area contributed by atoms with Crippen LogP contribution in [0.3, 0.4) is 0 Å². The zero-order valence-electron chi connectivity index (χ0n) is 13.0. The highest BCUT2D eigenvalue weighted by molar-refractivity contribution is 9.10. The third-order valence-corrected chi connectivity index (χ3v) is 4.42. The van der Waals surface area contributed by atoms with Crippen molar-refractivity contribution in [2.24, 2.45) is 0 Å². The first kappa shape index (κ1) is 16.1. The zero-order valence-corrected chi connectivity index (χ0v) is 14.5. The number of benzene rings is 1. The summed E-state index contributed by atoms with van der Waals surface area (Å²) >= 11 is 3.38. The molecule has 0 saturated carbocycles. The quantitative estimate of drug-likeness (QED) is 0.885. The van der Waals surface area contributed by atoms with Gasteiger partial charge >= 0.3 is 0 Å². The summed E-state index contributed by atoms with van der Waals surface area (Å²) in [5.41, 5.74) is 0.805. The third kappa shape index (κ3) is 4.39. The fraction of sp³-hybridized carbons (Fsp3) is 0.438. The van der Waals surface area contributed by atoms with Gasteiger partial charge in [-0.3, -0.25) is 9.69 Å². The van der Waals surface area contributed by atoms with E-state index < -0.39 is 0 Å². The molecule has 0 bridgehead atoms. The minimum atomic E-state index is -0.00492. The van der Waals surface area contributed by atoms with Crippen LogP contribution in [0.1, 0.15) is 30.5 Å². The van der Waals surface area contributed by atoms with Crippen LogP contribution in [0.25, 0.3) is 0 Å². The van der Waals surface area contributed by atoms with E-state index >= 15 is 0 Å². The average Bonchev–Trinajstić information content (AvgIpc) is 2.96. The van der Waals surface area contributed by atoms with E-state index in [2.05, 4.69) is 36.3 Å². The van der Waals surface area contributed by atoms with Gasteiger partial charge in [0.2, 0.25) is 11.8 Å². The van der Waals surface area contributed by atoms with Crippen molar-refractivity contribution in [3.63, 3.8) is 0 Å². The van der Waals surface area contributed by atoms with E-state index in [4.69, 9.17) is 4.52 Å². The standard InChI is InChI=1S/C16H19BrN4O2/c1-11-18-16(23-20-11)12-3-2-8-21(9-12)10-15(22)19-14-6-4-13(17)5-7-14/h4-7,12H,2-3,8-10H2,1H3,(H,19,22). The van der Waals surface area contributed by atoms with Gasteiger partial charge in [0.15, 0.2) is 5.82 Å². The molecule has 1 aliphatic rings. The Morgan fingerprint density at radius 2 is 2.22 bits per heavy atom. The summed E-state index contributed by atoms with van der Waals surface area (Å²) in [5, 5.41) is 6.78. The minimum Gasteiger partial charge on any atom is -0.339 e. The van der Waals surface area contributed by atoms with Crippen LogP contribution >= 0.6 is 15.9 Å². The number of likely N-dealkylation sites (tertiary alicyclic amines) is 1. The van der Waals surface area contributed by atoms with Crippen LogP contribution in [0.5, 0.6) is 0 Å². The predicted molar refractivity (Wildman–Crippen MR) is 90.2 cm³/mol. The van der Waals surface area contributed by atoms with Gasteiger partial charge in [-0.2, -0.15) is 4.98 Å². The molecule has 1 saturated heterocycles. The van der Waals surface area contributed by atoms with Gasteiger partial charge in [0.1, 0.15) is 0 Å². The first-order chi connectivity index (χ1) is 11.1. The van der Waals surface area contributed by atoms with Crippen LogP contribution in [-0.2, 0) is 4.79 Å². The molecule has 1 amide bonds. The maximum atomic E-state index is 12.2. The van der Waals surface area contributed by atoms with Gasteiger partial charge in [0, 0.05) is 16.7 Å². The first-order valence-corrected chi connectivity index (χ1v) is 8.47. The molecule has 1 unspecified atom stereocenters. The molecular weight excluding hydrogens is 360 g/mol. The summed E-state index contributed by atoms with van der Waals surface area (Å²) in [6.45, 7) is 3.88. The molecule has 122 valence electrons. The van der Waals surface area contributed by atoms with Crippen molar-refractivity contribution < 1.29 is 9.32 Å². The molecule has 0 aliphatic carbocycles. The Labute approximate surface area is 143 Å². The SMILES string of the molecule is Cc1noc(C2CCCN(CC(=O)Nc3ccc(Br)cc3)C2)n1. The number of rotatable bonds is 4. The number of halogens is 1. The Balaban J connectivity index is 1.54. The summed E-state index contributed by atoms with van der Waals surface area (Å²) in [4.78, 5) is 18.7. The van der Waals surface area contributed by atoms with Crippen molar-refractivity contribution in [3.05, 3.63) is 40.5 Å². The van der Waals surface area contributed by atoms with Gasteiger partial charge in [-0.15, -0.1) is 0 Å². The van der Waals surface area contributed by atoms with Crippen molar-refractivity contribution >= 4 is 27.5 Å². The summed E-state index contributed by atoms with van der Waals surface area (Å²) < 4.78 is 6.26. The van der Waals surface area contributed by atoms with Crippen molar-refractivity contribution in [2.75, 3.05) is 25.0 Å². The zero-order chi connectivity index (χ0) is 16.2. The molecule has 1 atom stereocenters. The smallest absolute Gasteiger partial charge is 0.238 e. The van der Waals surface area contributed by atoms with E-state index in [1.54, 1.807) is 0 Å². The van der Waals surface area contributed by atoms with Crippen LogP contribution in [0, 0.1) is 6.92 Å². The number of carbonyl (C=O) groups excluding carboxylic acids is 1. The number of hydrogen-bond donors (Lipinski definition) is 1. The number of anilines is 1. The lowest BCUT2D eigenvalue weighted by Gasteiger charge is -2.30. The number of nitrogens with one attached hydrogen (secondary N) is 1. The number of hydrogen-bond acceptors (Lipinski definition) is 5. The normalized spacial score (nSPS) is 18.8. The van der Waals surface area contributed by atoms with Gasteiger partial charge < -0.3 is 9.84 Å². The molecule has 1 aromatic carbocycles. The summed E-state index contributed by atoms with van der Waals surface area (Å²) in [6.07, 6.45) is 2.05. The number of aryl methyl sites for hydroxylation is 1.